The molecule has 180 valence electrons. The Labute approximate surface area is 187 Å². The molecule has 0 aromatic heterocycles. The van der Waals surface area contributed by atoms with Crippen LogP contribution in [-0.4, -0.2) is 55.4 Å². The Kier molecular flexibility index (Phi) is 11.6. The first-order chi connectivity index (χ1) is 13.5. The number of nitrogens with zero attached hydrogens (tertiary/aromatic N) is 1. The Balaban J connectivity index is 5.43. The molecule has 3 atom stereocenters. The van der Waals surface area contributed by atoms with Crippen LogP contribution in [0.25, 0.3) is 0 Å². The molecule has 0 saturated carbocycles. The minimum atomic E-state index is -0.610. The number of amides is 1. The third-order valence-electron chi connectivity index (χ3n) is 6.59. The van der Waals surface area contributed by atoms with Gasteiger partial charge in [0.1, 0.15) is 0 Å². The molecule has 0 saturated heterocycles. The van der Waals surface area contributed by atoms with Gasteiger partial charge in [0.2, 0.25) is 5.91 Å². The lowest BCUT2D eigenvalue weighted by atomic mass is 9.69. The van der Waals surface area contributed by atoms with Gasteiger partial charge in [-0.25, -0.2) is 0 Å². The van der Waals surface area contributed by atoms with Crippen LogP contribution in [0.3, 0.4) is 0 Å². The first-order valence-corrected chi connectivity index (χ1v) is 11.7. The molecule has 0 bridgehead atoms. The summed E-state index contributed by atoms with van der Waals surface area (Å²) in [5, 5.41) is 0. The zero-order valence-corrected chi connectivity index (χ0v) is 22.1. The molecule has 0 heterocycles. The van der Waals surface area contributed by atoms with Crippen molar-refractivity contribution in [2.45, 2.75) is 107 Å². The molecule has 0 radical (unpaired) electrons. The highest BCUT2D eigenvalue weighted by Gasteiger charge is 2.44. The summed E-state index contributed by atoms with van der Waals surface area (Å²) < 4.78 is 12.1. The molecule has 0 aliphatic carbocycles. The van der Waals surface area contributed by atoms with Crippen molar-refractivity contribution in [3.63, 3.8) is 0 Å². The highest BCUT2D eigenvalue weighted by molar-refractivity contribution is 5.77. The molecular weight excluding hydrogens is 376 g/mol. The summed E-state index contributed by atoms with van der Waals surface area (Å²) in [7, 11) is 1.69. The summed E-state index contributed by atoms with van der Waals surface area (Å²) in [6.07, 6.45) is 1.23. The topological polar surface area (TPSA) is 64.8 Å². The summed E-state index contributed by atoms with van der Waals surface area (Å²) in [5.74, 6) is 1.06. The number of rotatable bonds is 14. The zero-order chi connectivity index (χ0) is 23.9. The normalized spacial score (nSPS) is 17.2. The van der Waals surface area contributed by atoms with Gasteiger partial charge in [-0.05, 0) is 51.4 Å². The van der Waals surface area contributed by atoms with Gasteiger partial charge in [-0.2, -0.15) is 0 Å². The fourth-order valence-electron chi connectivity index (χ4n) is 4.65. The lowest BCUT2D eigenvalue weighted by Crippen LogP contribution is -2.55. The summed E-state index contributed by atoms with van der Waals surface area (Å²) in [6, 6.07) is -0.0619. The predicted molar refractivity (Wildman–Crippen MR) is 128 cm³/mol. The van der Waals surface area contributed by atoms with Crippen molar-refractivity contribution >= 4 is 5.91 Å². The summed E-state index contributed by atoms with van der Waals surface area (Å²) >= 11 is 0. The molecule has 5 nitrogen and oxygen atoms in total. The molecule has 5 heteroatoms. The quantitative estimate of drug-likeness (QED) is 0.417. The van der Waals surface area contributed by atoms with E-state index in [9.17, 15) is 4.79 Å². The van der Waals surface area contributed by atoms with Crippen LogP contribution >= 0.6 is 0 Å². The molecule has 2 N–H and O–H groups in total. The Morgan fingerprint density at radius 3 is 1.93 bits per heavy atom. The Hall–Kier alpha value is -0.650. The van der Waals surface area contributed by atoms with Crippen molar-refractivity contribution in [2.75, 3.05) is 26.8 Å². The third-order valence-corrected chi connectivity index (χ3v) is 6.59. The number of hydrogen-bond acceptors (Lipinski definition) is 4. The molecule has 0 rings (SSSR count). The summed E-state index contributed by atoms with van der Waals surface area (Å²) in [6.45, 7) is 25.5. The van der Waals surface area contributed by atoms with Gasteiger partial charge in [0.25, 0.3) is 0 Å². The average molecular weight is 429 g/mol. The van der Waals surface area contributed by atoms with Gasteiger partial charge >= 0.3 is 0 Å². The van der Waals surface area contributed by atoms with Gasteiger partial charge in [0.15, 0.2) is 0 Å². The Morgan fingerprint density at radius 1 is 1.03 bits per heavy atom. The molecule has 1 amide bonds. The van der Waals surface area contributed by atoms with Crippen LogP contribution in [0.5, 0.6) is 0 Å². The van der Waals surface area contributed by atoms with E-state index in [1.54, 1.807) is 7.11 Å². The molecule has 0 fully saturated rings. The Morgan fingerprint density at radius 2 is 1.57 bits per heavy atom. The maximum absolute atomic E-state index is 13.2. The largest absolute Gasteiger partial charge is 0.382 e. The smallest absolute Gasteiger partial charge is 0.225 e. The maximum atomic E-state index is 13.2. The Bertz CT molecular complexity index is 505. The van der Waals surface area contributed by atoms with Crippen LogP contribution in [0, 0.1) is 22.7 Å². The SMILES string of the molecule is CCN(CC(C)(C)CC(C)C)C(=O)CC(C)(C)OC(COC)C(C)(C(C)C)C(C)N. The fourth-order valence-corrected chi connectivity index (χ4v) is 4.65. The summed E-state index contributed by atoms with van der Waals surface area (Å²) in [5.41, 5.74) is 5.61. The van der Waals surface area contributed by atoms with Crippen LogP contribution in [-0.2, 0) is 14.3 Å². The van der Waals surface area contributed by atoms with Crippen molar-refractivity contribution in [1.82, 2.24) is 4.90 Å². The van der Waals surface area contributed by atoms with Crippen LogP contribution in [0.4, 0.5) is 0 Å². The first-order valence-electron chi connectivity index (χ1n) is 11.7. The first kappa shape index (κ1) is 29.4. The van der Waals surface area contributed by atoms with Gasteiger partial charge in [-0.1, -0.05) is 48.5 Å². The molecular formula is C25H52N2O3. The van der Waals surface area contributed by atoms with E-state index in [2.05, 4.69) is 55.4 Å². The molecule has 0 aromatic rings. The van der Waals surface area contributed by atoms with Crippen LogP contribution in [0.2, 0.25) is 0 Å². The van der Waals surface area contributed by atoms with Crippen molar-refractivity contribution < 1.29 is 14.3 Å². The van der Waals surface area contributed by atoms with E-state index in [-0.39, 0.29) is 28.9 Å². The standard InChI is InChI=1S/C25H52N2O3/c1-13-27(17-23(7,8)14-18(2)3)22(28)15-24(9,10)30-21(16-29-12)25(11,19(4)5)20(6)26/h18-21H,13-17,26H2,1-12H3. The lowest BCUT2D eigenvalue weighted by molar-refractivity contribution is -0.171. The second-order valence-corrected chi connectivity index (χ2v) is 11.5. The predicted octanol–water partition coefficient (Wildman–Crippen LogP) is 5.12. The zero-order valence-electron chi connectivity index (χ0n) is 22.1. The van der Waals surface area contributed by atoms with Crippen molar-refractivity contribution in [3.05, 3.63) is 0 Å². The molecule has 0 aliphatic rings. The van der Waals surface area contributed by atoms with E-state index in [0.717, 1.165) is 13.0 Å². The van der Waals surface area contributed by atoms with Crippen LogP contribution in [0.1, 0.15) is 89.0 Å². The monoisotopic (exact) mass is 428 g/mol. The van der Waals surface area contributed by atoms with Crippen molar-refractivity contribution in [1.29, 1.82) is 0 Å². The average Bonchev–Trinajstić information content (AvgIpc) is 2.56. The minimum absolute atomic E-state index is 0.0619. The second-order valence-electron chi connectivity index (χ2n) is 11.5. The molecule has 0 aromatic carbocycles. The van der Waals surface area contributed by atoms with Gasteiger partial charge < -0.3 is 20.1 Å². The van der Waals surface area contributed by atoms with Gasteiger partial charge in [-0.15, -0.1) is 0 Å². The van der Waals surface area contributed by atoms with E-state index in [1.165, 1.54) is 0 Å². The van der Waals surface area contributed by atoms with Crippen molar-refractivity contribution in [2.24, 2.45) is 28.4 Å². The number of carbonyl (C=O) groups is 1. The van der Waals surface area contributed by atoms with E-state index < -0.39 is 5.60 Å². The highest BCUT2D eigenvalue weighted by Crippen LogP contribution is 2.38. The third kappa shape index (κ3) is 8.84. The number of methoxy groups -OCH3 is 1. The number of hydrogen-bond donors (Lipinski definition) is 1. The van der Waals surface area contributed by atoms with Crippen LogP contribution < -0.4 is 5.73 Å². The second kappa shape index (κ2) is 11.8. The summed E-state index contributed by atoms with van der Waals surface area (Å²) in [4.78, 5) is 15.2. The minimum Gasteiger partial charge on any atom is -0.382 e. The maximum Gasteiger partial charge on any atom is 0.225 e. The van der Waals surface area contributed by atoms with Gasteiger partial charge in [0, 0.05) is 31.7 Å². The van der Waals surface area contributed by atoms with E-state index in [4.69, 9.17) is 15.2 Å². The molecule has 30 heavy (non-hydrogen) atoms. The van der Waals surface area contributed by atoms with Crippen molar-refractivity contribution in [3.8, 4) is 0 Å². The molecule has 0 aliphatic heterocycles. The van der Waals surface area contributed by atoms with Gasteiger partial charge in [0.05, 0.1) is 24.7 Å². The number of nitrogens with two attached hydrogens (primary N) is 1. The number of carbonyl (C=O) groups excluding carboxylic acids is 1. The fraction of sp³-hybridized carbons (Fsp3) is 0.960. The molecule has 0 spiro atoms. The highest BCUT2D eigenvalue weighted by atomic mass is 16.5. The van der Waals surface area contributed by atoms with E-state index >= 15 is 0 Å². The number of ether oxygens (including phenoxy) is 2. The van der Waals surface area contributed by atoms with E-state index in [0.29, 0.717) is 31.4 Å². The van der Waals surface area contributed by atoms with Gasteiger partial charge in [-0.3, -0.25) is 4.79 Å². The van der Waals surface area contributed by atoms with Crippen LogP contribution in [0.15, 0.2) is 0 Å². The molecule has 3 unspecified atom stereocenters. The van der Waals surface area contributed by atoms with E-state index in [1.807, 2.05) is 25.7 Å². The lowest BCUT2D eigenvalue weighted by Gasteiger charge is -2.46.